The van der Waals surface area contributed by atoms with Gasteiger partial charge >= 0.3 is 5.69 Å². The molecule has 0 saturated heterocycles. The summed E-state index contributed by atoms with van der Waals surface area (Å²) in [6.07, 6.45) is 1.38. The first kappa shape index (κ1) is 12.8. The standard InChI is InChI=1S/C11H12N4O4/c1-13-7-12-14(11(13)16)6-8-5-9(15(17)18)3-4-10(8)19-2/h3-5,7H,6H2,1-2H3. The monoisotopic (exact) mass is 264 g/mol. The second-order valence-corrected chi connectivity index (χ2v) is 3.94. The molecule has 100 valence electrons. The highest BCUT2D eigenvalue weighted by atomic mass is 16.6. The number of aryl methyl sites for hydroxylation is 1. The van der Waals surface area contributed by atoms with E-state index in [1.165, 1.54) is 40.9 Å². The molecule has 0 atom stereocenters. The normalized spacial score (nSPS) is 10.4. The van der Waals surface area contributed by atoms with E-state index in [1.54, 1.807) is 7.05 Å². The molecule has 0 aliphatic rings. The first-order valence-corrected chi connectivity index (χ1v) is 5.42. The van der Waals surface area contributed by atoms with Crippen LogP contribution in [0.1, 0.15) is 5.56 Å². The van der Waals surface area contributed by atoms with E-state index in [9.17, 15) is 14.9 Å². The summed E-state index contributed by atoms with van der Waals surface area (Å²) in [5, 5.41) is 14.7. The molecule has 0 bridgehead atoms. The van der Waals surface area contributed by atoms with E-state index in [-0.39, 0.29) is 17.9 Å². The van der Waals surface area contributed by atoms with E-state index >= 15 is 0 Å². The van der Waals surface area contributed by atoms with Crippen LogP contribution in [0.3, 0.4) is 0 Å². The quantitative estimate of drug-likeness (QED) is 0.593. The fraction of sp³-hybridized carbons (Fsp3) is 0.273. The Bertz CT molecular complexity index is 674. The first-order chi connectivity index (χ1) is 9.02. The molecular weight excluding hydrogens is 252 g/mol. The molecule has 0 radical (unpaired) electrons. The highest BCUT2D eigenvalue weighted by Gasteiger charge is 2.13. The molecule has 0 N–H and O–H groups in total. The van der Waals surface area contributed by atoms with Crippen LogP contribution in [-0.4, -0.2) is 26.4 Å². The molecule has 8 heteroatoms. The van der Waals surface area contributed by atoms with Gasteiger partial charge in [0, 0.05) is 24.7 Å². The van der Waals surface area contributed by atoms with Crippen molar-refractivity contribution >= 4 is 5.69 Å². The number of nitrogens with zero attached hydrogens (tertiary/aromatic N) is 4. The van der Waals surface area contributed by atoms with Gasteiger partial charge in [-0.1, -0.05) is 0 Å². The van der Waals surface area contributed by atoms with Crippen LogP contribution in [-0.2, 0) is 13.6 Å². The average molecular weight is 264 g/mol. The SMILES string of the molecule is COc1ccc([N+](=O)[O-])cc1Cn1ncn(C)c1=O. The van der Waals surface area contributed by atoms with E-state index in [0.29, 0.717) is 11.3 Å². The first-order valence-electron chi connectivity index (χ1n) is 5.42. The number of nitro groups is 1. The van der Waals surface area contributed by atoms with Crippen LogP contribution in [0.2, 0.25) is 0 Å². The van der Waals surface area contributed by atoms with Crippen molar-refractivity contribution in [2.24, 2.45) is 7.05 Å². The third kappa shape index (κ3) is 2.46. The van der Waals surface area contributed by atoms with Crippen LogP contribution < -0.4 is 10.4 Å². The van der Waals surface area contributed by atoms with Gasteiger partial charge in [0.2, 0.25) is 0 Å². The van der Waals surface area contributed by atoms with Gasteiger partial charge in [0.1, 0.15) is 12.1 Å². The number of hydrogen-bond acceptors (Lipinski definition) is 5. The predicted molar refractivity (Wildman–Crippen MR) is 66.2 cm³/mol. The van der Waals surface area contributed by atoms with Gasteiger partial charge in [-0.05, 0) is 6.07 Å². The van der Waals surface area contributed by atoms with E-state index in [4.69, 9.17) is 4.74 Å². The third-order valence-corrected chi connectivity index (χ3v) is 2.68. The number of methoxy groups -OCH3 is 1. The molecule has 2 rings (SSSR count). The summed E-state index contributed by atoms with van der Waals surface area (Å²) in [5.74, 6) is 0.475. The van der Waals surface area contributed by atoms with Crippen LogP contribution in [0, 0.1) is 10.1 Å². The van der Waals surface area contributed by atoms with Gasteiger partial charge in [-0.25, -0.2) is 9.48 Å². The molecular formula is C11H12N4O4. The van der Waals surface area contributed by atoms with Crippen molar-refractivity contribution < 1.29 is 9.66 Å². The fourth-order valence-corrected chi connectivity index (χ4v) is 1.69. The lowest BCUT2D eigenvalue weighted by Crippen LogP contribution is -2.23. The fourth-order valence-electron chi connectivity index (χ4n) is 1.69. The molecule has 19 heavy (non-hydrogen) atoms. The van der Waals surface area contributed by atoms with Crippen molar-refractivity contribution in [1.82, 2.24) is 14.3 Å². The van der Waals surface area contributed by atoms with Crippen LogP contribution in [0.5, 0.6) is 5.75 Å². The number of ether oxygens (including phenoxy) is 1. The average Bonchev–Trinajstić information content (AvgIpc) is 2.70. The van der Waals surface area contributed by atoms with Crippen LogP contribution >= 0.6 is 0 Å². The maximum absolute atomic E-state index is 11.7. The Hall–Kier alpha value is -2.64. The number of non-ortho nitro benzene ring substituents is 1. The Balaban J connectivity index is 2.43. The van der Waals surface area contributed by atoms with Crippen LogP contribution in [0.15, 0.2) is 29.3 Å². The minimum Gasteiger partial charge on any atom is -0.496 e. The number of benzene rings is 1. The number of aromatic nitrogens is 3. The van der Waals surface area contributed by atoms with Gasteiger partial charge in [0.05, 0.1) is 18.6 Å². The number of rotatable bonds is 4. The molecule has 1 aromatic carbocycles. The highest BCUT2D eigenvalue weighted by molar-refractivity contribution is 5.43. The summed E-state index contributed by atoms with van der Waals surface area (Å²) < 4.78 is 7.66. The zero-order chi connectivity index (χ0) is 14.0. The molecule has 0 aliphatic heterocycles. The number of hydrogen-bond donors (Lipinski definition) is 0. The number of nitro benzene ring substituents is 1. The van der Waals surface area contributed by atoms with E-state index in [1.807, 2.05) is 0 Å². The summed E-state index contributed by atoms with van der Waals surface area (Å²) in [4.78, 5) is 21.9. The maximum Gasteiger partial charge on any atom is 0.345 e. The van der Waals surface area contributed by atoms with Crippen molar-refractivity contribution in [2.45, 2.75) is 6.54 Å². The molecule has 0 aliphatic carbocycles. The lowest BCUT2D eigenvalue weighted by molar-refractivity contribution is -0.384. The molecule has 0 spiro atoms. The summed E-state index contributed by atoms with van der Waals surface area (Å²) in [6, 6.07) is 4.23. The molecule has 0 saturated carbocycles. The molecule has 1 heterocycles. The topological polar surface area (TPSA) is 92.2 Å². The lowest BCUT2D eigenvalue weighted by Gasteiger charge is -2.07. The Labute approximate surface area is 108 Å². The van der Waals surface area contributed by atoms with Crippen molar-refractivity contribution in [3.05, 3.63) is 50.7 Å². The summed E-state index contributed by atoms with van der Waals surface area (Å²) >= 11 is 0. The van der Waals surface area contributed by atoms with Crippen molar-refractivity contribution in [3.63, 3.8) is 0 Å². The molecule has 1 aromatic heterocycles. The molecule has 0 amide bonds. The summed E-state index contributed by atoms with van der Waals surface area (Å²) in [5.41, 5.74) is 0.172. The summed E-state index contributed by atoms with van der Waals surface area (Å²) in [6.45, 7) is 0.116. The van der Waals surface area contributed by atoms with Crippen molar-refractivity contribution in [3.8, 4) is 5.75 Å². The molecule has 8 nitrogen and oxygen atoms in total. The van der Waals surface area contributed by atoms with Gasteiger partial charge in [0.25, 0.3) is 5.69 Å². The van der Waals surface area contributed by atoms with Gasteiger partial charge < -0.3 is 4.74 Å². The van der Waals surface area contributed by atoms with Crippen molar-refractivity contribution in [2.75, 3.05) is 7.11 Å². The second-order valence-electron chi connectivity index (χ2n) is 3.94. The van der Waals surface area contributed by atoms with Gasteiger partial charge in [-0.3, -0.25) is 14.7 Å². The predicted octanol–water partition coefficient (Wildman–Crippen LogP) is 0.547. The van der Waals surface area contributed by atoms with Gasteiger partial charge in [-0.2, -0.15) is 5.10 Å². The molecule has 2 aromatic rings. The third-order valence-electron chi connectivity index (χ3n) is 2.68. The Morgan fingerprint density at radius 2 is 2.21 bits per heavy atom. The minimum absolute atomic E-state index is 0.0558. The smallest absolute Gasteiger partial charge is 0.345 e. The largest absolute Gasteiger partial charge is 0.496 e. The van der Waals surface area contributed by atoms with E-state index in [0.717, 1.165) is 0 Å². The Kier molecular flexibility index (Phi) is 3.32. The van der Waals surface area contributed by atoms with Crippen LogP contribution in [0.25, 0.3) is 0 Å². The van der Waals surface area contributed by atoms with Gasteiger partial charge in [-0.15, -0.1) is 0 Å². The second kappa shape index (κ2) is 4.92. The summed E-state index contributed by atoms with van der Waals surface area (Å²) in [7, 11) is 3.04. The van der Waals surface area contributed by atoms with Crippen LogP contribution in [0.4, 0.5) is 5.69 Å². The Morgan fingerprint density at radius 1 is 1.47 bits per heavy atom. The molecule has 0 fully saturated rings. The molecule has 0 unspecified atom stereocenters. The Morgan fingerprint density at radius 3 is 2.74 bits per heavy atom. The van der Waals surface area contributed by atoms with E-state index in [2.05, 4.69) is 5.10 Å². The highest BCUT2D eigenvalue weighted by Crippen LogP contribution is 2.24. The van der Waals surface area contributed by atoms with Crippen molar-refractivity contribution in [1.29, 1.82) is 0 Å². The maximum atomic E-state index is 11.7. The minimum atomic E-state index is -0.496. The van der Waals surface area contributed by atoms with E-state index < -0.39 is 4.92 Å². The zero-order valence-corrected chi connectivity index (χ0v) is 10.4. The lowest BCUT2D eigenvalue weighted by atomic mass is 10.2. The zero-order valence-electron chi connectivity index (χ0n) is 10.4. The van der Waals surface area contributed by atoms with Gasteiger partial charge in [0.15, 0.2) is 0 Å².